The summed E-state index contributed by atoms with van der Waals surface area (Å²) in [6, 6.07) is 0. The van der Waals surface area contributed by atoms with E-state index in [1.54, 1.807) is 0 Å². The molecule has 0 aromatic carbocycles. The third-order valence-corrected chi connectivity index (χ3v) is 4.11. The topological polar surface area (TPSA) is 50.8 Å². The summed E-state index contributed by atoms with van der Waals surface area (Å²) >= 11 is 0. The smallest absolute Gasteiger partial charge is 0.191 e. The largest absolute Gasteiger partial charge is 0.370 e. The van der Waals surface area contributed by atoms with Gasteiger partial charge in [-0.3, -0.25) is 4.99 Å². The Kier molecular flexibility index (Phi) is 2.69. The van der Waals surface area contributed by atoms with Gasteiger partial charge < -0.3 is 15.4 Å². The van der Waals surface area contributed by atoms with Gasteiger partial charge in [0.2, 0.25) is 0 Å². The average Bonchev–Trinajstić information content (AvgIpc) is 2.54. The van der Waals surface area contributed by atoms with E-state index in [2.05, 4.69) is 44.5 Å². The third kappa shape index (κ3) is 1.73. The van der Waals surface area contributed by atoms with E-state index in [-0.39, 0.29) is 16.7 Å². The summed E-state index contributed by atoms with van der Waals surface area (Å²) in [5.41, 5.74) is 5.68. The Bertz CT molecular complexity index is 349. The number of nitrogens with zero attached hydrogens (tertiary/aromatic N) is 2. The van der Waals surface area contributed by atoms with Crippen molar-refractivity contribution in [2.45, 2.75) is 64.2 Å². The maximum absolute atomic E-state index is 6.23. The molecule has 17 heavy (non-hydrogen) atoms. The van der Waals surface area contributed by atoms with Gasteiger partial charge in [-0.25, -0.2) is 0 Å². The predicted molar refractivity (Wildman–Crippen MR) is 70.1 cm³/mol. The molecule has 1 spiro atoms. The minimum absolute atomic E-state index is 0.0589. The summed E-state index contributed by atoms with van der Waals surface area (Å²) in [6.45, 7) is 12.5. The number of aliphatic imine (C=N–C) groups is 1. The number of ether oxygens (including phenoxy) is 1. The van der Waals surface area contributed by atoms with E-state index >= 15 is 0 Å². The molecule has 2 rings (SSSR count). The first-order chi connectivity index (χ1) is 7.74. The lowest BCUT2D eigenvalue weighted by molar-refractivity contribution is -0.0916. The summed E-state index contributed by atoms with van der Waals surface area (Å²) in [4.78, 5) is 6.74. The van der Waals surface area contributed by atoms with Gasteiger partial charge in [0, 0.05) is 13.0 Å². The molecule has 0 aliphatic carbocycles. The molecule has 98 valence electrons. The second kappa shape index (κ2) is 3.61. The zero-order chi connectivity index (χ0) is 12.9. The molecule has 0 bridgehead atoms. The molecule has 4 heteroatoms. The van der Waals surface area contributed by atoms with Crippen LogP contribution >= 0.6 is 0 Å². The van der Waals surface area contributed by atoms with Gasteiger partial charge in [0.1, 0.15) is 0 Å². The molecule has 0 amide bonds. The highest BCUT2D eigenvalue weighted by Gasteiger charge is 2.62. The summed E-state index contributed by atoms with van der Waals surface area (Å²) in [6.07, 6.45) is 2.06. The Morgan fingerprint density at radius 3 is 2.47 bits per heavy atom. The Hall–Kier alpha value is -0.770. The zero-order valence-corrected chi connectivity index (χ0v) is 11.7. The van der Waals surface area contributed by atoms with Crippen molar-refractivity contribution in [1.29, 1.82) is 0 Å². The van der Waals surface area contributed by atoms with Crippen LogP contribution in [-0.2, 0) is 4.74 Å². The second-order valence-corrected chi connectivity index (χ2v) is 6.41. The van der Waals surface area contributed by atoms with Gasteiger partial charge in [0.05, 0.1) is 23.3 Å². The van der Waals surface area contributed by atoms with Crippen LogP contribution in [0.4, 0.5) is 0 Å². The van der Waals surface area contributed by atoms with Gasteiger partial charge in [0.15, 0.2) is 5.96 Å². The fourth-order valence-electron chi connectivity index (χ4n) is 3.56. The number of guanidine groups is 1. The van der Waals surface area contributed by atoms with Crippen molar-refractivity contribution in [3.63, 3.8) is 0 Å². The summed E-state index contributed by atoms with van der Waals surface area (Å²) in [5, 5.41) is 0. The highest BCUT2D eigenvalue weighted by Crippen LogP contribution is 2.50. The van der Waals surface area contributed by atoms with Gasteiger partial charge in [-0.2, -0.15) is 0 Å². The predicted octanol–water partition coefficient (Wildman–Crippen LogP) is 1.74. The van der Waals surface area contributed by atoms with E-state index in [1.165, 1.54) is 0 Å². The molecule has 4 nitrogen and oxygen atoms in total. The first-order valence-corrected chi connectivity index (χ1v) is 6.52. The molecule has 0 aromatic heterocycles. The third-order valence-electron chi connectivity index (χ3n) is 4.11. The Morgan fingerprint density at radius 1 is 1.35 bits per heavy atom. The van der Waals surface area contributed by atoms with Crippen LogP contribution in [0, 0.1) is 0 Å². The summed E-state index contributed by atoms with van der Waals surface area (Å²) < 4.78 is 6.23. The van der Waals surface area contributed by atoms with Crippen molar-refractivity contribution in [2.24, 2.45) is 10.7 Å². The summed E-state index contributed by atoms with van der Waals surface area (Å²) in [7, 11) is 0. The molecular weight excluding hydrogens is 214 g/mol. The van der Waals surface area contributed by atoms with Crippen LogP contribution in [0.5, 0.6) is 0 Å². The molecule has 1 unspecified atom stereocenters. The van der Waals surface area contributed by atoms with Crippen LogP contribution in [0.1, 0.15) is 47.5 Å². The van der Waals surface area contributed by atoms with Crippen LogP contribution in [0.3, 0.4) is 0 Å². The maximum atomic E-state index is 6.23. The van der Waals surface area contributed by atoms with Crippen molar-refractivity contribution in [2.75, 3.05) is 13.1 Å². The fourth-order valence-corrected chi connectivity index (χ4v) is 3.56. The molecule has 2 N–H and O–H groups in total. The highest BCUT2D eigenvalue weighted by molar-refractivity contribution is 5.81. The first kappa shape index (κ1) is 12.7. The second-order valence-electron chi connectivity index (χ2n) is 6.41. The van der Waals surface area contributed by atoms with Gasteiger partial charge in [-0.1, -0.05) is 6.92 Å². The van der Waals surface area contributed by atoms with Crippen molar-refractivity contribution in [1.82, 2.24) is 4.90 Å². The lowest BCUT2D eigenvalue weighted by Crippen LogP contribution is -2.61. The van der Waals surface area contributed by atoms with E-state index < -0.39 is 0 Å². The molecule has 0 radical (unpaired) electrons. The standard InChI is InChI=1S/C13H25N3O/c1-6-7-16-10(14)15-9-13(16)8-11(2,3)17-12(13,4)5/h6-9H2,1-5H3,(H2,14,15). The van der Waals surface area contributed by atoms with E-state index in [1.807, 2.05) is 0 Å². The Balaban J connectivity index is 2.36. The monoisotopic (exact) mass is 239 g/mol. The van der Waals surface area contributed by atoms with Gasteiger partial charge >= 0.3 is 0 Å². The van der Waals surface area contributed by atoms with Crippen LogP contribution in [0.2, 0.25) is 0 Å². The Labute approximate surface area is 104 Å². The van der Waals surface area contributed by atoms with E-state index in [4.69, 9.17) is 10.5 Å². The van der Waals surface area contributed by atoms with Crippen molar-refractivity contribution < 1.29 is 4.74 Å². The van der Waals surface area contributed by atoms with Crippen LogP contribution in [-0.4, -0.2) is 40.7 Å². The zero-order valence-electron chi connectivity index (χ0n) is 11.7. The molecule has 2 heterocycles. The number of rotatable bonds is 2. The fraction of sp³-hybridized carbons (Fsp3) is 0.923. The SMILES string of the molecule is CCCN1C(N)=NCC12CC(C)(C)OC2(C)C. The summed E-state index contributed by atoms with van der Waals surface area (Å²) in [5.74, 6) is 0.682. The molecule has 1 atom stereocenters. The van der Waals surface area contributed by atoms with Gasteiger partial charge in [-0.15, -0.1) is 0 Å². The number of hydrogen-bond acceptors (Lipinski definition) is 4. The van der Waals surface area contributed by atoms with E-state index in [0.29, 0.717) is 5.96 Å². The quantitative estimate of drug-likeness (QED) is 0.798. The molecule has 0 aromatic rings. The lowest BCUT2D eigenvalue weighted by Gasteiger charge is -2.44. The molecular formula is C13H25N3O. The van der Waals surface area contributed by atoms with Gasteiger partial charge in [0.25, 0.3) is 0 Å². The van der Waals surface area contributed by atoms with E-state index in [0.717, 1.165) is 25.9 Å². The number of hydrogen-bond donors (Lipinski definition) is 1. The number of nitrogens with two attached hydrogens (primary N) is 1. The van der Waals surface area contributed by atoms with Crippen molar-refractivity contribution in [3.05, 3.63) is 0 Å². The lowest BCUT2D eigenvalue weighted by atomic mass is 9.78. The molecule has 2 aliphatic rings. The normalized spacial score (nSPS) is 34.4. The Morgan fingerprint density at radius 2 is 2.00 bits per heavy atom. The first-order valence-electron chi connectivity index (χ1n) is 6.52. The van der Waals surface area contributed by atoms with Crippen LogP contribution in [0.25, 0.3) is 0 Å². The van der Waals surface area contributed by atoms with Crippen LogP contribution in [0.15, 0.2) is 4.99 Å². The van der Waals surface area contributed by atoms with Gasteiger partial charge in [-0.05, 0) is 34.1 Å². The van der Waals surface area contributed by atoms with E-state index in [9.17, 15) is 0 Å². The average molecular weight is 239 g/mol. The molecule has 2 aliphatic heterocycles. The molecule has 1 fully saturated rings. The highest BCUT2D eigenvalue weighted by atomic mass is 16.5. The minimum atomic E-state index is -0.212. The van der Waals surface area contributed by atoms with Crippen LogP contribution < -0.4 is 5.73 Å². The molecule has 1 saturated heterocycles. The maximum Gasteiger partial charge on any atom is 0.191 e. The van der Waals surface area contributed by atoms with Crippen molar-refractivity contribution >= 4 is 5.96 Å². The molecule has 0 saturated carbocycles. The van der Waals surface area contributed by atoms with Crippen molar-refractivity contribution in [3.8, 4) is 0 Å². The minimum Gasteiger partial charge on any atom is -0.370 e.